The number of rotatable bonds is 14. The third-order valence-corrected chi connectivity index (χ3v) is 9.17. The lowest BCUT2D eigenvalue weighted by molar-refractivity contribution is -0.0456. The summed E-state index contributed by atoms with van der Waals surface area (Å²) in [4.78, 5) is 14.0. The number of aliphatic hydroxyl groups is 1. The predicted molar refractivity (Wildman–Crippen MR) is 149 cm³/mol. The van der Waals surface area contributed by atoms with E-state index >= 15 is 0 Å². The molecular weight excluding hydrogens is 520 g/mol. The maximum atomic E-state index is 13.7. The highest BCUT2D eigenvalue weighted by atomic mass is 32.2. The van der Waals surface area contributed by atoms with Crippen LogP contribution in [0.15, 0.2) is 59.5 Å². The first-order chi connectivity index (χ1) is 18.5. The Bertz CT molecular complexity index is 1150. The van der Waals surface area contributed by atoms with Gasteiger partial charge in [0.25, 0.3) is 0 Å². The third kappa shape index (κ3) is 7.94. The summed E-state index contributed by atoms with van der Waals surface area (Å²) in [5, 5.41) is 21.9. The number of ether oxygens (including phenoxy) is 2. The van der Waals surface area contributed by atoms with Gasteiger partial charge in [-0.1, -0.05) is 51.1 Å². The number of benzene rings is 2. The monoisotopic (exact) mass is 562 g/mol. The molecule has 1 saturated heterocycles. The highest BCUT2D eigenvalue weighted by Crippen LogP contribution is 2.32. The number of sulfonamides is 1. The first-order valence-corrected chi connectivity index (χ1v) is 14.9. The Balaban J connectivity index is 1.96. The number of aliphatic hydroxyl groups excluding tert-OH is 1. The Morgan fingerprint density at radius 3 is 2.28 bits per heavy atom. The van der Waals surface area contributed by atoms with Crippen LogP contribution in [-0.4, -0.2) is 85.0 Å². The van der Waals surface area contributed by atoms with Crippen molar-refractivity contribution in [3.63, 3.8) is 0 Å². The zero-order chi connectivity index (χ0) is 28.6. The molecular formula is C29H42N2O7S. The molecule has 1 amide bonds. The zero-order valence-corrected chi connectivity index (χ0v) is 24.1. The minimum Gasteiger partial charge on any atom is -0.497 e. The summed E-state index contributed by atoms with van der Waals surface area (Å²) < 4.78 is 39.8. The van der Waals surface area contributed by atoms with Crippen LogP contribution in [0, 0.1) is 5.92 Å². The molecule has 10 heteroatoms. The number of methoxy groups -OCH3 is 1. The van der Waals surface area contributed by atoms with Gasteiger partial charge in [-0.2, -0.15) is 4.31 Å². The van der Waals surface area contributed by atoms with Crippen LogP contribution in [-0.2, 0) is 21.2 Å². The molecule has 0 spiro atoms. The molecule has 1 aliphatic rings. The van der Waals surface area contributed by atoms with E-state index in [9.17, 15) is 23.4 Å². The molecule has 1 aliphatic heterocycles. The van der Waals surface area contributed by atoms with Gasteiger partial charge in [0.2, 0.25) is 10.0 Å². The molecule has 1 heterocycles. The number of amides is 1. The molecule has 216 valence electrons. The lowest BCUT2D eigenvalue weighted by Crippen LogP contribution is -2.56. The highest BCUT2D eigenvalue weighted by molar-refractivity contribution is 7.89. The van der Waals surface area contributed by atoms with Crippen molar-refractivity contribution in [3.05, 3.63) is 60.2 Å². The minimum absolute atomic E-state index is 0.0244. The smallest absolute Gasteiger partial charge is 0.407 e. The van der Waals surface area contributed by atoms with Crippen LogP contribution >= 0.6 is 0 Å². The molecule has 0 aliphatic carbocycles. The summed E-state index contributed by atoms with van der Waals surface area (Å²) in [6, 6.07) is 14.5. The molecule has 0 radical (unpaired) electrons. The summed E-state index contributed by atoms with van der Waals surface area (Å²) in [5.74, 6) is 0.507. The SMILES string of the molecule is CCC1(CN(C(=O)O)[C@@H](Cc2ccccc2)[C@H](O)CN(CC(C)C)S(=O)(=O)c2ccc(OC)cc2)CCCO1. The van der Waals surface area contributed by atoms with E-state index in [2.05, 4.69) is 0 Å². The van der Waals surface area contributed by atoms with E-state index < -0.39 is 33.9 Å². The molecule has 9 nitrogen and oxygen atoms in total. The molecule has 0 bridgehead atoms. The molecule has 0 aromatic heterocycles. The van der Waals surface area contributed by atoms with E-state index in [0.29, 0.717) is 18.8 Å². The molecule has 3 atom stereocenters. The fourth-order valence-corrected chi connectivity index (χ4v) is 6.74. The second-order valence-corrected chi connectivity index (χ2v) is 12.6. The van der Waals surface area contributed by atoms with Crippen molar-refractivity contribution in [2.24, 2.45) is 5.92 Å². The van der Waals surface area contributed by atoms with Crippen molar-refractivity contribution >= 4 is 16.1 Å². The maximum absolute atomic E-state index is 13.7. The first-order valence-electron chi connectivity index (χ1n) is 13.5. The van der Waals surface area contributed by atoms with Crippen molar-refractivity contribution in [1.29, 1.82) is 0 Å². The summed E-state index contributed by atoms with van der Waals surface area (Å²) in [6.45, 7) is 6.34. The third-order valence-electron chi connectivity index (χ3n) is 7.32. The van der Waals surface area contributed by atoms with E-state index in [-0.39, 0.29) is 36.9 Å². The Morgan fingerprint density at radius 1 is 1.10 bits per heavy atom. The molecule has 1 fully saturated rings. The van der Waals surface area contributed by atoms with Crippen molar-refractivity contribution < 1.29 is 32.9 Å². The van der Waals surface area contributed by atoms with Crippen LogP contribution in [0.3, 0.4) is 0 Å². The van der Waals surface area contributed by atoms with Crippen LogP contribution in [0.1, 0.15) is 45.6 Å². The van der Waals surface area contributed by atoms with Gasteiger partial charge in [-0.25, -0.2) is 13.2 Å². The van der Waals surface area contributed by atoms with E-state index in [0.717, 1.165) is 18.4 Å². The summed E-state index contributed by atoms with van der Waals surface area (Å²) in [5.41, 5.74) is 0.221. The minimum atomic E-state index is -3.98. The van der Waals surface area contributed by atoms with Crippen LogP contribution in [0.25, 0.3) is 0 Å². The van der Waals surface area contributed by atoms with E-state index in [1.165, 1.54) is 28.4 Å². The molecule has 2 aromatic carbocycles. The number of hydrogen-bond acceptors (Lipinski definition) is 6. The molecule has 2 N–H and O–H groups in total. The summed E-state index contributed by atoms with van der Waals surface area (Å²) in [6.07, 6.45) is -0.0276. The van der Waals surface area contributed by atoms with E-state index in [4.69, 9.17) is 9.47 Å². The van der Waals surface area contributed by atoms with Gasteiger partial charge in [0, 0.05) is 19.7 Å². The quantitative estimate of drug-likeness (QED) is 0.354. The summed E-state index contributed by atoms with van der Waals surface area (Å²) >= 11 is 0. The van der Waals surface area contributed by atoms with E-state index in [1.807, 2.05) is 51.1 Å². The lowest BCUT2D eigenvalue weighted by atomic mass is 9.93. The topological polar surface area (TPSA) is 117 Å². The summed E-state index contributed by atoms with van der Waals surface area (Å²) in [7, 11) is -2.48. The lowest BCUT2D eigenvalue weighted by Gasteiger charge is -2.40. The number of nitrogens with zero attached hydrogens (tertiary/aromatic N) is 2. The fraction of sp³-hybridized carbons (Fsp3) is 0.552. The van der Waals surface area contributed by atoms with E-state index in [1.54, 1.807) is 12.1 Å². The van der Waals surface area contributed by atoms with Gasteiger partial charge >= 0.3 is 6.09 Å². The molecule has 1 unspecified atom stereocenters. The number of carboxylic acid groups (broad SMARTS) is 1. The Morgan fingerprint density at radius 2 is 1.77 bits per heavy atom. The zero-order valence-electron chi connectivity index (χ0n) is 23.3. The van der Waals surface area contributed by atoms with Gasteiger partial charge in [-0.05, 0) is 61.4 Å². The second-order valence-electron chi connectivity index (χ2n) is 10.6. The van der Waals surface area contributed by atoms with Gasteiger partial charge in [0.05, 0.1) is 36.3 Å². The van der Waals surface area contributed by atoms with Crippen molar-refractivity contribution in [3.8, 4) is 5.75 Å². The average Bonchev–Trinajstić information content (AvgIpc) is 3.39. The van der Waals surface area contributed by atoms with Crippen LogP contribution < -0.4 is 4.74 Å². The van der Waals surface area contributed by atoms with Gasteiger partial charge in [0.15, 0.2) is 0 Å². The second kappa shape index (κ2) is 13.6. The van der Waals surface area contributed by atoms with Gasteiger partial charge in [-0.3, -0.25) is 4.90 Å². The van der Waals surface area contributed by atoms with Crippen molar-refractivity contribution in [2.75, 3.05) is 33.4 Å². The maximum Gasteiger partial charge on any atom is 0.407 e. The van der Waals surface area contributed by atoms with Gasteiger partial charge < -0.3 is 19.7 Å². The Hall–Kier alpha value is -2.66. The molecule has 0 saturated carbocycles. The Labute approximate surface area is 232 Å². The van der Waals surface area contributed by atoms with Crippen LogP contribution in [0.5, 0.6) is 5.75 Å². The van der Waals surface area contributed by atoms with Gasteiger partial charge in [0.1, 0.15) is 5.75 Å². The largest absolute Gasteiger partial charge is 0.497 e. The van der Waals surface area contributed by atoms with Crippen LogP contribution in [0.2, 0.25) is 0 Å². The average molecular weight is 563 g/mol. The first kappa shape index (κ1) is 30.9. The molecule has 39 heavy (non-hydrogen) atoms. The molecule has 3 rings (SSSR count). The standard InChI is InChI=1S/C29H42N2O7S/c1-5-29(16-9-17-38-29)21-31(28(33)34)26(18-23-10-7-6-8-11-23)27(32)20-30(19-22(2)3)39(35,36)25-14-12-24(37-4)13-15-25/h6-8,10-15,22,26-27,32H,5,9,16-21H2,1-4H3,(H,33,34)/t26-,27+,29?/m0/s1. The Kier molecular flexibility index (Phi) is 10.8. The van der Waals surface area contributed by atoms with Crippen molar-refractivity contribution in [1.82, 2.24) is 9.21 Å². The predicted octanol–water partition coefficient (Wildman–Crippen LogP) is 4.25. The van der Waals surface area contributed by atoms with Crippen LogP contribution in [0.4, 0.5) is 4.79 Å². The normalized spacial score (nSPS) is 19.3. The van der Waals surface area contributed by atoms with Crippen molar-refractivity contribution in [2.45, 2.75) is 69.1 Å². The highest BCUT2D eigenvalue weighted by Gasteiger charge is 2.41. The number of carbonyl (C=O) groups is 1. The fourth-order valence-electron chi connectivity index (χ4n) is 5.12. The number of hydrogen-bond donors (Lipinski definition) is 2. The van der Waals surface area contributed by atoms with Gasteiger partial charge in [-0.15, -0.1) is 0 Å². The molecule has 2 aromatic rings.